The Morgan fingerprint density at radius 1 is 1.21 bits per heavy atom. The molecule has 1 atom stereocenters. The van der Waals surface area contributed by atoms with Crippen molar-refractivity contribution in [1.29, 1.82) is 0 Å². The van der Waals surface area contributed by atoms with Crippen molar-refractivity contribution in [2.45, 2.75) is 79.1 Å². The highest BCUT2D eigenvalue weighted by Crippen LogP contribution is 2.27. The van der Waals surface area contributed by atoms with E-state index >= 15 is 0 Å². The van der Waals surface area contributed by atoms with Crippen molar-refractivity contribution >= 4 is 17.4 Å². The number of rotatable bonds is 9. The van der Waals surface area contributed by atoms with Crippen LogP contribution >= 0.6 is 11.3 Å². The van der Waals surface area contributed by atoms with Crippen LogP contribution in [0.25, 0.3) is 0 Å². The normalized spacial score (nSPS) is 12.3. The minimum absolute atomic E-state index is 0.0407. The maximum absolute atomic E-state index is 12.5. The average Bonchev–Trinajstić information content (AvgIpc) is 3.11. The molecule has 2 rings (SSSR count). The highest BCUT2D eigenvalue weighted by atomic mass is 32.1. The molecule has 1 heterocycles. The number of nitrogens with zero attached hydrogens (tertiary/aromatic N) is 2. The Bertz CT molecular complexity index is 758. The number of thiazole rings is 1. The van der Waals surface area contributed by atoms with Crippen LogP contribution in [0.4, 0.5) is 4.79 Å². The molecule has 5 nitrogen and oxygen atoms in total. The maximum Gasteiger partial charge on any atom is 0.318 e. The summed E-state index contributed by atoms with van der Waals surface area (Å²) >= 11 is 1.58. The molecule has 0 aliphatic rings. The summed E-state index contributed by atoms with van der Waals surface area (Å²) in [6.45, 7) is 13.4. The maximum atomic E-state index is 12.5. The molecule has 0 bridgehead atoms. The van der Waals surface area contributed by atoms with Crippen molar-refractivity contribution in [3.63, 3.8) is 0 Å². The standard InChI is InChI=1S/C22H33N3O2S/c1-7-17(6)25(22(26)23-16(4)5)12-18-14-28-21(24-18)13-27-20-11-9-8-10-19(20)15(2)3/h8-11,14-17H,7,12-13H2,1-6H3,(H,23,26)/t17-/m0/s1. The monoisotopic (exact) mass is 403 g/mol. The van der Waals surface area contributed by atoms with Gasteiger partial charge in [-0.25, -0.2) is 9.78 Å². The van der Waals surface area contributed by atoms with E-state index in [2.05, 4.69) is 44.1 Å². The van der Waals surface area contributed by atoms with E-state index in [9.17, 15) is 4.79 Å². The van der Waals surface area contributed by atoms with Crippen molar-refractivity contribution in [1.82, 2.24) is 15.2 Å². The van der Waals surface area contributed by atoms with Gasteiger partial charge in [-0.3, -0.25) is 0 Å². The van der Waals surface area contributed by atoms with Crippen LogP contribution in [0.1, 0.15) is 70.1 Å². The zero-order chi connectivity index (χ0) is 20.7. The van der Waals surface area contributed by atoms with Gasteiger partial charge in [0.05, 0.1) is 12.2 Å². The molecule has 0 radical (unpaired) electrons. The van der Waals surface area contributed by atoms with Crippen molar-refractivity contribution in [2.24, 2.45) is 0 Å². The first-order valence-corrected chi connectivity index (χ1v) is 10.9. The number of carbonyl (C=O) groups is 1. The summed E-state index contributed by atoms with van der Waals surface area (Å²) in [5.74, 6) is 1.32. The molecule has 0 spiro atoms. The summed E-state index contributed by atoms with van der Waals surface area (Å²) in [6, 6.07) is 8.36. The smallest absolute Gasteiger partial charge is 0.318 e. The molecule has 2 aromatic rings. The van der Waals surface area contributed by atoms with Crippen LogP contribution in [0.2, 0.25) is 0 Å². The molecule has 0 saturated heterocycles. The van der Waals surface area contributed by atoms with E-state index in [1.165, 1.54) is 5.56 Å². The second kappa shape index (κ2) is 10.5. The van der Waals surface area contributed by atoms with Crippen LogP contribution in [0, 0.1) is 0 Å². The van der Waals surface area contributed by atoms with Gasteiger partial charge in [0.15, 0.2) is 0 Å². The lowest BCUT2D eigenvalue weighted by atomic mass is 10.0. The van der Waals surface area contributed by atoms with E-state index in [1.807, 2.05) is 42.3 Å². The second-order valence-corrected chi connectivity index (χ2v) is 8.65. The lowest BCUT2D eigenvalue weighted by molar-refractivity contribution is 0.170. The number of aromatic nitrogens is 1. The summed E-state index contributed by atoms with van der Waals surface area (Å²) in [7, 11) is 0. The lowest BCUT2D eigenvalue weighted by Crippen LogP contribution is -2.46. The topological polar surface area (TPSA) is 54.5 Å². The summed E-state index contributed by atoms with van der Waals surface area (Å²) in [6.07, 6.45) is 0.900. The Morgan fingerprint density at radius 2 is 1.93 bits per heavy atom. The van der Waals surface area contributed by atoms with Gasteiger partial charge in [-0.2, -0.15) is 0 Å². The molecule has 1 aromatic heterocycles. The van der Waals surface area contributed by atoms with Gasteiger partial charge in [0.2, 0.25) is 0 Å². The Kier molecular flexibility index (Phi) is 8.30. The molecule has 0 aliphatic heterocycles. The van der Waals surface area contributed by atoms with E-state index in [0.29, 0.717) is 19.1 Å². The van der Waals surface area contributed by atoms with Crippen molar-refractivity contribution in [3.8, 4) is 5.75 Å². The summed E-state index contributed by atoms with van der Waals surface area (Å²) in [4.78, 5) is 19.1. The number of nitrogens with one attached hydrogen (secondary N) is 1. The molecule has 6 heteroatoms. The Morgan fingerprint density at radius 3 is 2.57 bits per heavy atom. The molecule has 28 heavy (non-hydrogen) atoms. The molecule has 0 fully saturated rings. The largest absolute Gasteiger partial charge is 0.486 e. The highest BCUT2D eigenvalue weighted by molar-refractivity contribution is 7.09. The fourth-order valence-electron chi connectivity index (χ4n) is 2.87. The number of amides is 2. The van der Waals surface area contributed by atoms with E-state index in [-0.39, 0.29) is 18.1 Å². The van der Waals surface area contributed by atoms with Gasteiger partial charge in [-0.05, 0) is 44.7 Å². The van der Waals surface area contributed by atoms with Gasteiger partial charge in [0.25, 0.3) is 0 Å². The molecular formula is C22H33N3O2S. The van der Waals surface area contributed by atoms with Crippen LogP contribution in [0.3, 0.4) is 0 Å². The molecule has 0 saturated carbocycles. The Labute approximate surface area is 173 Å². The summed E-state index contributed by atoms with van der Waals surface area (Å²) < 4.78 is 6.03. The van der Waals surface area contributed by atoms with Gasteiger partial charge in [-0.15, -0.1) is 11.3 Å². The third-order valence-electron chi connectivity index (χ3n) is 4.62. The SMILES string of the molecule is CC[C@H](C)N(Cc1csc(COc2ccccc2C(C)C)n1)C(=O)NC(C)C. The van der Waals surface area contributed by atoms with Crippen molar-refractivity contribution in [2.75, 3.05) is 0 Å². The third kappa shape index (κ3) is 6.23. The molecule has 154 valence electrons. The minimum Gasteiger partial charge on any atom is -0.486 e. The number of ether oxygens (including phenoxy) is 1. The van der Waals surface area contributed by atoms with Crippen LogP contribution in [-0.4, -0.2) is 28.0 Å². The zero-order valence-corrected chi connectivity index (χ0v) is 18.7. The lowest BCUT2D eigenvalue weighted by Gasteiger charge is -2.29. The van der Waals surface area contributed by atoms with Crippen molar-refractivity contribution in [3.05, 3.63) is 45.9 Å². The number of benzene rings is 1. The van der Waals surface area contributed by atoms with E-state index in [4.69, 9.17) is 4.74 Å². The van der Waals surface area contributed by atoms with Crippen LogP contribution in [0.5, 0.6) is 5.75 Å². The first kappa shape index (κ1) is 22.2. The van der Waals surface area contributed by atoms with Gasteiger partial charge in [0.1, 0.15) is 17.4 Å². The van der Waals surface area contributed by atoms with Crippen LogP contribution in [-0.2, 0) is 13.2 Å². The van der Waals surface area contributed by atoms with Gasteiger partial charge in [-0.1, -0.05) is 39.0 Å². The van der Waals surface area contributed by atoms with Gasteiger partial charge < -0.3 is 15.0 Å². The predicted molar refractivity (Wildman–Crippen MR) is 116 cm³/mol. The molecule has 0 aliphatic carbocycles. The molecule has 0 unspecified atom stereocenters. The fourth-order valence-corrected chi connectivity index (χ4v) is 3.57. The number of hydrogen-bond acceptors (Lipinski definition) is 4. The molecule has 2 amide bonds. The van der Waals surface area contributed by atoms with Crippen LogP contribution in [0.15, 0.2) is 29.6 Å². The van der Waals surface area contributed by atoms with E-state index < -0.39 is 0 Å². The first-order chi connectivity index (χ1) is 13.3. The van der Waals surface area contributed by atoms with Gasteiger partial charge in [0, 0.05) is 17.5 Å². The molecule has 1 N–H and O–H groups in total. The summed E-state index contributed by atoms with van der Waals surface area (Å²) in [5.41, 5.74) is 2.10. The fraction of sp³-hybridized carbons (Fsp3) is 0.545. The number of hydrogen-bond donors (Lipinski definition) is 1. The van der Waals surface area contributed by atoms with Crippen LogP contribution < -0.4 is 10.1 Å². The minimum atomic E-state index is -0.0407. The molecular weight excluding hydrogens is 370 g/mol. The highest BCUT2D eigenvalue weighted by Gasteiger charge is 2.21. The number of urea groups is 1. The zero-order valence-electron chi connectivity index (χ0n) is 17.9. The average molecular weight is 404 g/mol. The van der Waals surface area contributed by atoms with E-state index in [1.54, 1.807) is 11.3 Å². The first-order valence-electron chi connectivity index (χ1n) is 10.0. The Hall–Kier alpha value is -2.08. The van der Waals surface area contributed by atoms with E-state index in [0.717, 1.165) is 22.9 Å². The number of carbonyl (C=O) groups excluding carboxylic acids is 1. The quantitative estimate of drug-likeness (QED) is 0.596. The number of para-hydroxylation sites is 1. The van der Waals surface area contributed by atoms with Crippen molar-refractivity contribution < 1.29 is 9.53 Å². The third-order valence-corrected chi connectivity index (χ3v) is 5.49. The predicted octanol–water partition coefficient (Wildman–Crippen LogP) is 5.56. The van der Waals surface area contributed by atoms with Gasteiger partial charge >= 0.3 is 6.03 Å². The molecule has 1 aromatic carbocycles. The summed E-state index contributed by atoms with van der Waals surface area (Å²) in [5, 5.41) is 5.92. The Balaban J connectivity index is 2.03. The second-order valence-electron chi connectivity index (χ2n) is 7.70.